The number of hydrogen-bond donors (Lipinski definition) is 2. The van der Waals surface area contributed by atoms with Crippen molar-refractivity contribution in [3.05, 3.63) is 31.9 Å². The number of hydrogen-bond acceptors (Lipinski definition) is 4. The van der Waals surface area contributed by atoms with E-state index in [9.17, 15) is 10.1 Å². The van der Waals surface area contributed by atoms with Gasteiger partial charge in [0.05, 0.1) is 8.49 Å². The van der Waals surface area contributed by atoms with E-state index < -0.39 is 0 Å². The van der Waals surface area contributed by atoms with Crippen LogP contribution in [0.25, 0.3) is 0 Å². The number of rotatable bonds is 5. The van der Waals surface area contributed by atoms with Crippen molar-refractivity contribution in [2.45, 2.75) is 19.3 Å². The van der Waals surface area contributed by atoms with Crippen LogP contribution in [0, 0.1) is 19.6 Å². The van der Waals surface area contributed by atoms with Gasteiger partial charge in [0.2, 0.25) is 0 Å². The third-order valence-corrected chi connectivity index (χ3v) is 4.29. The van der Waals surface area contributed by atoms with Crippen molar-refractivity contribution in [1.82, 2.24) is 5.32 Å². The van der Waals surface area contributed by atoms with Crippen LogP contribution in [0.5, 0.6) is 0 Å². The molecule has 1 fully saturated rings. The first-order valence-electron chi connectivity index (χ1n) is 6.55. The smallest absolute Gasteiger partial charge is 0.282 e. The molecular formula is C13H18IN3O2. The van der Waals surface area contributed by atoms with E-state index in [1.165, 1.54) is 12.8 Å². The summed E-state index contributed by atoms with van der Waals surface area (Å²) in [6.07, 6.45) is 3.70. The highest BCUT2D eigenvalue weighted by atomic mass is 127. The second-order valence-corrected chi connectivity index (χ2v) is 6.01. The van der Waals surface area contributed by atoms with E-state index in [1.54, 1.807) is 12.1 Å². The maximum atomic E-state index is 10.7. The van der Waals surface area contributed by atoms with E-state index in [2.05, 4.69) is 10.6 Å². The second-order valence-electron chi connectivity index (χ2n) is 4.85. The first-order chi connectivity index (χ1) is 9.16. The highest BCUT2D eigenvalue weighted by Gasteiger charge is 2.13. The zero-order chi connectivity index (χ0) is 13.7. The molecule has 0 amide bonds. The van der Waals surface area contributed by atoms with Gasteiger partial charge in [-0.2, -0.15) is 0 Å². The first kappa shape index (κ1) is 14.5. The van der Waals surface area contributed by atoms with Crippen molar-refractivity contribution in [3.8, 4) is 0 Å². The molecule has 1 heterocycles. The van der Waals surface area contributed by atoms with Crippen LogP contribution in [0.1, 0.15) is 19.3 Å². The fraction of sp³-hybridized carbons (Fsp3) is 0.538. The molecule has 1 aliphatic heterocycles. The van der Waals surface area contributed by atoms with Gasteiger partial charge in [-0.05, 0) is 73.0 Å². The van der Waals surface area contributed by atoms with E-state index in [4.69, 9.17) is 0 Å². The molecule has 1 atom stereocenters. The van der Waals surface area contributed by atoms with Crippen molar-refractivity contribution < 1.29 is 4.92 Å². The molecule has 19 heavy (non-hydrogen) atoms. The average Bonchev–Trinajstić information content (AvgIpc) is 2.39. The highest BCUT2D eigenvalue weighted by molar-refractivity contribution is 14.1. The van der Waals surface area contributed by atoms with E-state index in [0.717, 1.165) is 37.7 Å². The lowest BCUT2D eigenvalue weighted by Gasteiger charge is -2.22. The monoisotopic (exact) mass is 375 g/mol. The summed E-state index contributed by atoms with van der Waals surface area (Å²) in [7, 11) is 0. The molecule has 0 aliphatic carbocycles. The molecule has 0 spiro atoms. The van der Waals surface area contributed by atoms with E-state index in [-0.39, 0.29) is 10.6 Å². The van der Waals surface area contributed by atoms with Crippen LogP contribution in [0.3, 0.4) is 0 Å². The Hall–Kier alpha value is -0.890. The number of piperidine rings is 1. The Labute approximate surface area is 126 Å². The minimum absolute atomic E-state index is 0.169. The molecule has 1 aromatic carbocycles. The third-order valence-electron chi connectivity index (χ3n) is 3.43. The van der Waals surface area contributed by atoms with Crippen molar-refractivity contribution in [2.24, 2.45) is 5.92 Å². The topological polar surface area (TPSA) is 67.2 Å². The average molecular weight is 375 g/mol. The maximum absolute atomic E-state index is 10.7. The van der Waals surface area contributed by atoms with Crippen LogP contribution in [-0.4, -0.2) is 24.6 Å². The van der Waals surface area contributed by atoms with Crippen molar-refractivity contribution in [1.29, 1.82) is 0 Å². The Bertz CT molecular complexity index is 448. The highest BCUT2D eigenvalue weighted by Crippen LogP contribution is 2.24. The lowest BCUT2D eigenvalue weighted by Crippen LogP contribution is -2.30. The largest absolute Gasteiger partial charge is 0.385 e. The van der Waals surface area contributed by atoms with Crippen molar-refractivity contribution in [3.63, 3.8) is 0 Å². The molecule has 5 nitrogen and oxygen atoms in total. The Morgan fingerprint density at radius 3 is 3.00 bits per heavy atom. The molecule has 6 heteroatoms. The van der Waals surface area contributed by atoms with E-state index in [1.807, 2.05) is 28.7 Å². The Morgan fingerprint density at radius 2 is 2.37 bits per heavy atom. The molecule has 1 aromatic rings. The fourth-order valence-corrected chi connectivity index (χ4v) is 3.07. The van der Waals surface area contributed by atoms with Crippen LogP contribution in [0.4, 0.5) is 11.4 Å². The predicted molar refractivity (Wildman–Crippen MR) is 84.5 cm³/mol. The van der Waals surface area contributed by atoms with Gasteiger partial charge in [-0.3, -0.25) is 10.1 Å². The molecule has 2 N–H and O–H groups in total. The number of nitro groups is 1. The molecule has 0 saturated carbocycles. The fourth-order valence-electron chi connectivity index (χ4n) is 2.36. The molecular weight excluding hydrogens is 357 g/mol. The number of nitrogens with zero attached hydrogens (tertiary/aromatic N) is 1. The van der Waals surface area contributed by atoms with Gasteiger partial charge in [-0.1, -0.05) is 0 Å². The van der Waals surface area contributed by atoms with E-state index in [0.29, 0.717) is 3.57 Å². The zero-order valence-electron chi connectivity index (χ0n) is 10.7. The van der Waals surface area contributed by atoms with Crippen LogP contribution in [0.15, 0.2) is 18.2 Å². The minimum atomic E-state index is -0.348. The lowest BCUT2D eigenvalue weighted by molar-refractivity contribution is -0.385. The molecule has 0 radical (unpaired) electrons. The van der Waals surface area contributed by atoms with Crippen LogP contribution in [0.2, 0.25) is 0 Å². The van der Waals surface area contributed by atoms with Gasteiger partial charge < -0.3 is 10.6 Å². The van der Waals surface area contributed by atoms with Crippen molar-refractivity contribution in [2.75, 3.05) is 25.0 Å². The molecule has 104 valence electrons. The van der Waals surface area contributed by atoms with Gasteiger partial charge >= 0.3 is 0 Å². The summed E-state index contributed by atoms with van der Waals surface area (Å²) >= 11 is 2.00. The van der Waals surface area contributed by atoms with Gasteiger partial charge in [-0.25, -0.2) is 0 Å². The Morgan fingerprint density at radius 1 is 1.53 bits per heavy atom. The van der Waals surface area contributed by atoms with Gasteiger partial charge in [0.25, 0.3) is 5.69 Å². The molecule has 1 saturated heterocycles. The summed E-state index contributed by atoms with van der Waals surface area (Å²) in [5, 5.41) is 17.5. The Kier molecular flexibility index (Phi) is 5.38. The summed E-state index contributed by atoms with van der Waals surface area (Å²) in [5.74, 6) is 0.748. The van der Waals surface area contributed by atoms with Gasteiger partial charge in [-0.15, -0.1) is 0 Å². The first-order valence-corrected chi connectivity index (χ1v) is 7.63. The quantitative estimate of drug-likeness (QED) is 0.472. The summed E-state index contributed by atoms with van der Waals surface area (Å²) in [6, 6.07) is 5.17. The zero-order valence-corrected chi connectivity index (χ0v) is 12.9. The number of anilines is 1. The molecule has 2 rings (SSSR count). The predicted octanol–water partition coefficient (Wildman–Crippen LogP) is 3.00. The van der Waals surface area contributed by atoms with Crippen LogP contribution in [-0.2, 0) is 0 Å². The summed E-state index contributed by atoms with van der Waals surface area (Å²) in [5.41, 5.74) is 1.13. The minimum Gasteiger partial charge on any atom is -0.385 e. The van der Waals surface area contributed by atoms with E-state index >= 15 is 0 Å². The molecule has 0 bridgehead atoms. The number of nitrogens with one attached hydrogen (secondary N) is 2. The van der Waals surface area contributed by atoms with Gasteiger partial charge in [0.1, 0.15) is 0 Å². The maximum Gasteiger partial charge on any atom is 0.282 e. The summed E-state index contributed by atoms with van der Waals surface area (Å²) < 4.78 is 0.673. The normalized spacial score (nSPS) is 19.1. The second kappa shape index (κ2) is 7.04. The molecule has 1 aliphatic rings. The standard InChI is InChI=1S/C13H18IN3O2/c14-12-8-11(3-4-13(12)17(18)19)16-7-5-10-2-1-6-15-9-10/h3-4,8,10,15-16H,1-2,5-7,9H2. The lowest BCUT2D eigenvalue weighted by atomic mass is 9.96. The number of nitro benzene ring substituents is 1. The number of benzene rings is 1. The Balaban J connectivity index is 1.82. The van der Waals surface area contributed by atoms with Gasteiger partial charge in [0.15, 0.2) is 0 Å². The van der Waals surface area contributed by atoms with Crippen LogP contribution < -0.4 is 10.6 Å². The SMILES string of the molecule is O=[N+]([O-])c1ccc(NCCC2CCCNC2)cc1I. The van der Waals surface area contributed by atoms with Crippen molar-refractivity contribution >= 4 is 34.0 Å². The third kappa shape index (κ3) is 4.31. The molecule has 0 aromatic heterocycles. The summed E-state index contributed by atoms with van der Waals surface area (Å²) in [4.78, 5) is 10.4. The summed E-state index contributed by atoms with van der Waals surface area (Å²) in [6.45, 7) is 3.17. The van der Waals surface area contributed by atoms with Crippen LogP contribution >= 0.6 is 22.6 Å². The number of halogens is 1. The van der Waals surface area contributed by atoms with Gasteiger partial charge in [0, 0.05) is 18.3 Å². The molecule has 1 unspecified atom stereocenters.